The number of rotatable bonds is 9. The highest BCUT2D eigenvalue weighted by Gasteiger charge is 2.33. The lowest BCUT2D eigenvalue weighted by atomic mass is 10.0. The number of hydrogen-bond acceptors (Lipinski definition) is 5. The van der Waals surface area contributed by atoms with Gasteiger partial charge in [-0.25, -0.2) is 0 Å². The fourth-order valence-corrected chi connectivity index (χ4v) is 2.79. The van der Waals surface area contributed by atoms with Crippen LogP contribution >= 0.6 is 0 Å². The second kappa shape index (κ2) is 9.70. The number of nitrogens with two attached hydrogens (primary N) is 2. The molecule has 0 bridgehead atoms. The van der Waals surface area contributed by atoms with E-state index in [4.69, 9.17) is 16.2 Å². The molecule has 1 aliphatic heterocycles. The van der Waals surface area contributed by atoms with Gasteiger partial charge in [0.05, 0.1) is 19.3 Å². The second-order valence-electron chi connectivity index (χ2n) is 5.93. The van der Waals surface area contributed by atoms with E-state index in [-0.39, 0.29) is 18.7 Å². The predicted molar refractivity (Wildman–Crippen MR) is 96.0 cm³/mol. The summed E-state index contributed by atoms with van der Waals surface area (Å²) in [5.74, 6) is 5.37. The van der Waals surface area contributed by atoms with Gasteiger partial charge in [-0.1, -0.05) is 17.9 Å². The number of ether oxygens (including phenoxy) is 1. The van der Waals surface area contributed by atoms with Gasteiger partial charge in [-0.3, -0.25) is 9.59 Å². The minimum atomic E-state index is -0.673. The summed E-state index contributed by atoms with van der Waals surface area (Å²) in [6, 6.07) is 4.67. The third kappa shape index (κ3) is 4.91. The third-order valence-electron chi connectivity index (χ3n) is 4.10. The van der Waals surface area contributed by atoms with Gasteiger partial charge in [0.2, 0.25) is 5.91 Å². The smallest absolute Gasteiger partial charge is 0.255 e. The normalized spacial score (nSPS) is 13.7. The number of amides is 2. The Labute approximate surface area is 152 Å². The first-order chi connectivity index (χ1) is 12.6. The molecular weight excluding hydrogens is 334 g/mol. The summed E-state index contributed by atoms with van der Waals surface area (Å²) in [6.45, 7) is 1.78. The first-order valence-electron chi connectivity index (χ1n) is 8.51. The van der Waals surface area contributed by atoms with Crippen molar-refractivity contribution in [3.05, 3.63) is 34.9 Å². The van der Waals surface area contributed by atoms with Crippen LogP contribution in [0.2, 0.25) is 0 Å². The fourth-order valence-electron chi connectivity index (χ4n) is 2.79. The standard InChI is InChI=1S/C19H23N3O4/c20-9-11-26-10-2-1-4-14-5-3-6-16-17(14)12-22(19(16)25)15(13-23)7-8-18(21)24/h3,5-6,13,15H,2,7-12,20H2,(H2,21,24). The van der Waals surface area contributed by atoms with Gasteiger partial charge in [0, 0.05) is 37.1 Å². The molecule has 1 aromatic rings. The summed E-state index contributed by atoms with van der Waals surface area (Å²) in [5.41, 5.74) is 12.6. The van der Waals surface area contributed by atoms with Crippen molar-refractivity contribution in [3.8, 4) is 11.8 Å². The maximum atomic E-state index is 12.6. The molecule has 0 saturated carbocycles. The number of carbonyl (C=O) groups is 3. The van der Waals surface area contributed by atoms with Crippen molar-refractivity contribution >= 4 is 18.1 Å². The molecule has 1 unspecified atom stereocenters. The van der Waals surface area contributed by atoms with E-state index in [9.17, 15) is 14.4 Å². The lowest BCUT2D eigenvalue weighted by molar-refractivity contribution is -0.118. The van der Waals surface area contributed by atoms with Crippen LogP contribution < -0.4 is 11.5 Å². The average Bonchev–Trinajstić information content (AvgIpc) is 2.96. The molecule has 1 atom stereocenters. The predicted octanol–water partition coefficient (Wildman–Crippen LogP) is 0.192. The molecule has 2 rings (SSSR count). The molecule has 1 aromatic carbocycles. The van der Waals surface area contributed by atoms with Crippen molar-refractivity contribution < 1.29 is 19.1 Å². The van der Waals surface area contributed by atoms with E-state index >= 15 is 0 Å². The van der Waals surface area contributed by atoms with Crippen LogP contribution in [-0.2, 0) is 20.9 Å². The van der Waals surface area contributed by atoms with Gasteiger partial charge < -0.3 is 25.9 Å². The van der Waals surface area contributed by atoms with Crippen LogP contribution in [0.3, 0.4) is 0 Å². The molecule has 7 nitrogen and oxygen atoms in total. The molecule has 0 aromatic heterocycles. The number of primary amides is 1. The van der Waals surface area contributed by atoms with Gasteiger partial charge in [0.1, 0.15) is 6.29 Å². The molecule has 7 heteroatoms. The Morgan fingerprint density at radius 1 is 1.38 bits per heavy atom. The van der Waals surface area contributed by atoms with E-state index in [1.807, 2.05) is 6.07 Å². The highest BCUT2D eigenvalue weighted by atomic mass is 16.5. The molecule has 0 radical (unpaired) electrons. The summed E-state index contributed by atoms with van der Waals surface area (Å²) in [5, 5.41) is 0. The van der Waals surface area contributed by atoms with E-state index in [1.54, 1.807) is 12.1 Å². The number of nitrogens with zero attached hydrogens (tertiary/aromatic N) is 1. The van der Waals surface area contributed by atoms with E-state index in [0.29, 0.717) is 44.6 Å². The molecule has 26 heavy (non-hydrogen) atoms. The summed E-state index contributed by atoms with van der Waals surface area (Å²) in [7, 11) is 0. The molecule has 0 fully saturated rings. The molecule has 0 spiro atoms. The lowest BCUT2D eigenvalue weighted by Gasteiger charge is -2.22. The number of hydrogen-bond donors (Lipinski definition) is 2. The topological polar surface area (TPSA) is 116 Å². The lowest BCUT2D eigenvalue weighted by Crippen LogP contribution is -2.37. The molecule has 1 heterocycles. The van der Waals surface area contributed by atoms with Gasteiger partial charge in [-0.2, -0.15) is 0 Å². The molecule has 2 amide bonds. The quantitative estimate of drug-likeness (QED) is 0.372. The Morgan fingerprint density at radius 2 is 2.19 bits per heavy atom. The summed E-state index contributed by atoms with van der Waals surface area (Å²) < 4.78 is 5.27. The number of aldehydes is 1. The highest BCUT2D eigenvalue weighted by Crippen LogP contribution is 2.28. The molecule has 1 aliphatic rings. The van der Waals surface area contributed by atoms with Gasteiger partial charge in [0.25, 0.3) is 5.91 Å². The molecule has 0 saturated heterocycles. The van der Waals surface area contributed by atoms with Crippen LogP contribution in [0.15, 0.2) is 18.2 Å². The Balaban J connectivity index is 2.10. The van der Waals surface area contributed by atoms with Gasteiger partial charge >= 0.3 is 0 Å². The molecule has 138 valence electrons. The van der Waals surface area contributed by atoms with Gasteiger partial charge in [0.15, 0.2) is 0 Å². The minimum absolute atomic E-state index is 0.0546. The zero-order chi connectivity index (χ0) is 18.9. The third-order valence-corrected chi connectivity index (χ3v) is 4.10. The average molecular weight is 357 g/mol. The first kappa shape index (κ1) is 19.6. The first-order valence-corrected chi connectivity index (χ1v) is 8.51. The van der Waals surface area contributed by atoms with Crippen LogP contribution in [0.25, 0.3) is 0 Å². The number of fused-ring (bicyclic) bond motifs is 1. The van der Waals surface area contributed by atoms with Crippen molar-refractivity contribution in [1.29, 1.82) is 0 Å². The zero-order valence-electron chi connectivity index (χ0n) is 14.6. The van der Waals surface area contributed by atoms with E-state index in [1.165, 1.54) is 4.90 Å². The van der Waals surface area contributed by atoms with Crippen LogP contribution in [0.4, 0.5) is 0 Å². The molecular formula is C19H23N3O4. The SMILES string of the molecule is NCCOCCC#Cc1cccc2c1CN(C(C=O)CCC(N)=O)C2=O. The summed E-state index contributed by atoms with van der Waals surface area (Å²) >= 11 is 0. The largest absolute Gasteiger partial charge is 0.379 e. The Kier molecular flexibility index (Phi) is 7.33. The Hall–Kier alpha value is -2.69. The van der Waals surface area contributed by atoms with Crippen molar-refractivity contribution in [1.82, 2.24) is 4.90 Å². The Morgan fingerprint density at radius 3 is 2.88 bits per heavy atom. The van der Waals surface area contributed by atoms with Crippen LogP contribution in [0.1, 0.15) is 40.7 Å². The van der Waals surface area contributed by atoms with Gasteiger partial charge in [-0.05, 0) is 24.1 Å². The Bertz CT molecular complexity index is 736. The monoisotopic (exact) mass is 357 g/mol. The fraction of sp³-hybridized carbons (Fsp3) is 0.421. The van der Waals surface area contributed by atoms with Crippen LogP contribution in [0, 0.1) is 11.8 Å². The van der Waals surface area contributed by atoms with Crippen molar-refractivity contribution in [2.24, 2.45) is 11.5 Å². The minimum Gasteiger partial charge on any atom is -0.379 e. The maximum Gasteiger partial charge on any atom is 0.255 e. The van der Waals surface area contributed by atoms with Crippen LogP contribution in [0.5, 0.6) is 0 Å². The molecule has 0 aliphatic carbocycles. The van der Waals surface area contributed by atoms with Crippen molar-refractivity contribution in [3.63, 3.8) is 0 Å². The van der Waals surface area contributed by atoms with Crippen LogP contribution in [-0.4, -0.2) is 48.8 Å². The van der Waals surface area contributed by atoms with E-state index in [0.717, 1.165) is 11.1 Å². The number of carbonyl (C=O) groups excluding carboxylic acids is 3. The van der Waals surface area contributed by atoms with Gasteiger partial charge in [-0.15, -0.1) is 0 Å². The number of benzene rings is 1. The highest BCUT2D eigenvalue weighted by molar-refractivity contribution is 6.00. The summed E-state index contributed by atoms with van der Waals surface area (Å²) in [6.07, 6.45) is 1.53. The zero-order valence-corrected chi connectivity index (χ0v) is 14.6. The van der Waals surface area contributed by atoms with E-state index in [2.05, 4.69) is 11.8 Å². The summed E-state index contributed by atoms with van der Waals surface area (Å²) in [4.78, 5) is 36.4. The van der Waals surface area contributed by atoms with Crippen molar-refractivity contribution in [2.45, 2.75) is 31.8 Å². The second-order valence-corrected chi connectivity index (χ2v) is 5.93. The van der Waals surface area contributed by atoms with E-state index < -0.39 is 11.9 Å². The van der Waals surface area contributed by atoms with Crippen molar-refractivity contribution in [2.75, 3.05) is 19.8 Å². The molecule has 4 N–H and O–H groups in total. The maximum absolute atomic E-state index is 12.6.